The van der Waals surface area contributed by atoms with Crippen LogP contribution in [-0.2, 0) is 6.42 Å². The zero-order valence-electron chi connectivity index (χ0n) is 10.9. The Kier molecular flexibility index (Phi) is 3.49. The number of benzene rings is 1. The molecule has 17 heavy (non-hydrogen) atoms. The maximum absolute atomic E-state index is 9.42. The molecule has 2 atom stereocenters. The van der Waals surface area contributed by atoms with E-state index in [4.69, 9.17) is 0 Å². The molecular weight excluding hydrogens is 208 g/mol. The van der Waals surface area contributed by atoms with Gasteiger partial charge in [-0.25, -0.2) is 0 Å². The van der Waals surface area contributed by atoms with E-state index in [9.17, 15) is 5.26 Å². The highest BCUT2D eigenvalue weighted by atomic mass is 15.1. The molecule has 1 aromatic rings. The second kappa shape index (κ2) is 4.89. The largest absolute Gasteiger partial charge is 0.298 e. The molecular formula is C15H20N2. The van der Waals surface area contributed by atoms with Gasteiger partial charge in [-0.2, -0.15) is 5.26 Å². The van der Waals surface area contributed by atoms with Gasteiger partial charge in [-0.15, -0.1) is 0 Å². The summed E-state index contributed by atoms with van der Waals surface area (Å²) in [6.07, 6.45) is 1.10. The van der Waals surface area contributed by atoms with Gasteiger partial charge in [-0.05, 0) is 30.5 Å². The monoisotopic (exact) mass is 228 g/mol. The van der Waals surface area contributed by atoms with Gasteiger partial charge >= 0.3 is 0 Å². The fourth-order valence-electron chi connectivity index (χ4n) is 2.78. The van der Waals surface area contributed by atoms with Gasteiger partial charge in [-0.1, -0.05) is 38.1 Å². The molecule has 0 radical (unpaired) electrons. The maximum atomic E-state index is 9.42. The van der Waals surface area contributed by atoms with E-state index in [1.54, 1.807) is 0 Å². The molecule has 2 heteroatoms. The number of hydrogen-bond donors (Lipinski definition) is 0. The highest BCUT2D eigenvalue weighted by molar-refractivity contribution is 5.34. The molecule has 0 fully saturated rings. The van der Waals surface area contributed by atoms with Crippen molar-refractivity contribution in [1.82, 2.24) is 4.90 Å². The molecule has 1 aromatic carbocycles. The van der Waals surface area contributed by atoms with Crippen LogP contribution in [0.5, 0.6) is 0 Å². The molecule has 0 saturated heterocycles. The molecule has 1 heterocycles. The third kappa shape index (κ3) is 2.21. The van der Waals surface area contributed by atoms with Crippen molar-refractivity contribution in [2.45, 2.75) is 26.3 Å². The standard InChI is InChI=1S/C15H20N2/c1-11(2)14(10-16)15-13-7-5-4-6-12(13)8-9-17(15)3/h4-7,11,14-15H,8-9H2,1-3H3. The van der Waals surface area contributed by atoms with Crippen molar-refractivity contribution in [2.75, 3.05) is 13.6 Å². The summed E-state index contributed by atoms with van der Waals surface area (Å²) in [5.74, 6) is 0.458. The molecule has 1 aliphatic rings. The van der Waals surface area contributed by atoms with Crippen LogP contribution in [0.25, 0.3) is 0 Å². The van der Waals surface area contributed by atoms with Gasteiger partial charge in [0, 0.05) is 6.54 Å². The average molecular weight is 228 g/mol. The van der Waals surface area contributed by atoms with Gasteiger partial charge < -0.3 is 0 Å². The molecule has 1 aliphatic heterocycles. The summed E-state index contributed by atoms with van der Waals surface area (Å²) in [5.41, 5.74) is 2.76. The van der Waals surface area contributed by atoms with Crippen molar-refractivity contribution < 1.29 is 0 Å². The first-order valence-electron chi connectivity index (χ1n) is 6.32. The second-order valence-corrected chi connectivity index (χ2v) is 5.27. The molecule has 2 unspecified atom stereocenters. The molecule has 0 bridgehead atoms. The lowest BCUT2D eigenvalue weighted by molar-refractivity contribution is 0.164. The third-order valence-corrected chi connectivity index (χ3v) is 3.79. The molecule has 0 aliphatic carbocycles. The third-order valence-electron chi connectivity index (χ3n) is 3.79. The number of nitrogens with zero attached hydrogens (tertiary/aromatic N) is 2. The number of rotatable bonds is 2. The quantitative estimate of drug-likeness (QED) is 0.778. The summed E-state index contributed by atoms with van der Waals surface area (Å²) in [4.78, 5) is 2.33. The second-order valence-electron chi connectivity index (χ2n) is 5.27. The van der Waals surface area contributed by atoms with Crippen LogP contribution in [0.15, 0.2) is 24.3 Å². The lowest BCUT2D eigenvalue weighted by atomic mass is 9.80. The minimum absolute atomic E-state index is 0.0708. The highest BCUT2D eigenvalue weighted by Crippen LogP contribution is 2.37. The minimum Gasteiger partial charge on any atom is -0.298 e. The van der Waals surface area contributed by atoms with E-state index in [0.717, 1.165) is 13.0 Å². The van der Waals surface area contributed by atoms with E-state index < -0.39 is 0 Å². The van der Waals surface area contributed by atoms with E-state index >= 15 is 0 Å². The van der Waals surface area contributed by atoms with Crippen molar-refractivity contribution in [2.24, 2.45) is 11.8 Å². The van der Waals surface area contributed by atoms with Crippen molar-refractivity contribution in [3.63, 3.8) is 0 Å². The maximum Gasteiger partial charge on any atom is 0.0683 e. The Bertz CT molecular complexity index is 431. The van der Waals surface area contributed by atoms with Crippen LogP contribution < -0.4 is 0 Å². The van der Waals surface area contributed by atoms with Gasteiger partial charge in [0.2, 0.25) is 0 Å². The van der Waals surface area contributed by atoms with Crippen molar-refractivity contribution in [3.05, 3.63) is 35.4 Å². The topological polar surface area (TPSA) is 27.0 Å². The lowest BCUT2D eigenvalue weighted by Crippen LogP contribution is -2.37. The first-order chi connectivity index (χ1) is 8.15. The molecule has 2 nitrogen and oxygen atoms in total. The van der Waals surface area contributed by atoms with Crippen LogP contribution in [0, 0.1) is 23.2 Å². The average Bonchev–Trinajstić information content (AvgIpc) is 2.32. The lowest BCUT2D eigenvalue weighted by Gasteiger charge is -2.38. The van der Waals surface area contributed by atoms with Crippen LogP contribution >= 0.6 is 0 Å². The van der Waals surface area contributed by atoms with Gasteiger partial charge in [0.1, 0.15) is 0 Å². The zero-order valence-corrected chi connectivity index (χ0v) is 10.9. The Labute approximate surface area is 104 Å². The summed E-state index contributed by atoms with van der Waals surface area (Å²) < 4.78 is 0. The molecule has 0 amide bonds. The summed E-state index contributed by atoms with van der Waals surface area (Å²) in [7, 11) is 2.13. The van der Waals surface area contributed by atoms with Crippen LogP contribution in [-0.4, -0.2) is 18.5 Å². The Morgan fingerprint density at radius 1 is 1.35 bits per heavy atom. The summed E-state index contributed by atoms with van der Waals surface area (Å²) >= 11 is 0. The Morgan fingerprint density at radius 2 is 2.06 bits per heavy atom. The normalized spacial score (nSPS) is 21.9. The first kappa shape index (κ1) is 12.1. The zero-order chi connectivity index (χ0) is 12.4. The van der Waals surface area contributed by atoms with Crippen LogP contribution in [0.3, 0.4) is 0 Å². The summed E-state index contributed by atoms with van der Waals surface area (Å²) in [6, 6.07) is 11.3. The van der Waals surface area contributed by atoms with Crippen LogP contribution in [0.4, 0.5) is 0 Å². The fraction of sp³-hybridized carbons (Fsp3) is 0.533. The number of fused-ring (bicyclic) bond motifs is 1. The van der Waals surface area contributed by atoms with Gasteiger partial charge in [0.05, 0.1) is 18.0 Å². The van der Waals surface area contributed by atoms with Gasteiger partial charge in [0.25, 0.3) is 0 Å². The van der Waals surface area contributed by atoms with E-state index in [-0.39, 0.29) is 12.0 Å². The number of likely N-dealkylation sites (N-methyl/N-ethyl adjacent to an activating group) is 1. The molecule has 90 valence electrons. The molecule has 0 spiro atoms. The Morgan fingerprint density at radius 3 is 2.71 bits per heavy atom. The number of hydrogen-bond acceptors (Lipinski definition) is 2. The van der Waals surface area contributed by atoms with Crippen LogP contribution in [0.1, 0.15) is 31.0 Å². The van der Waals surface area contributed by atoms with Crippen molar-refractivity contribution in [1.29, 1.82) is 5.26 Å². The summed E-state index contributed by atoms with van der Waals surface area (Å²) in [6.45, 7) is 5.32. The smallest absolute Gasteiger partial charge is 0.0683 e. The fourth-order valence-corrected chi connectivity index (χ4v) is 2.78. The Balaban J connectivity index is 2.42. The van der Waals surface area contributed by atoms with E-state index in [1.807, 2.05) is 0 Å². The molecule has 0 aromatic heterocycles. The predicted molar refractivity (Wildman–Crippen MR) is 69.5 cm³/mol. The highest BCUT2D eigenvalue weighted by Gasteiger charge is 2.33. The van der Waals surface area contributed by atoms with E-state index in [1.165, 1.54) is 11.1 Å². The van der Waals surface area contributed by atoms with E-state index in [2.05, 4.69) is 56.1 Å². The first-order valence-corrected chi connectivity index (χ1v) is 6.32. The minimum atomic E-state index is 0.0708. The van der Waals surface area contributed by atoms with Gasteiger partial charge in [-0.3, -0.25) is 4.90 Å². The van der Waals surface area contributed by atoms with E-state index in [0.29, 0.717) is 5.92 Å². The predicted octanol–water partition coefficient (Wildman–Crippen LogP) is 3.01. The molecule has 0 N–H and O–H groups in total. The summed E-state index contributed by atoms with van der Waals surface area (Å²) in [5, 5.41) is 9.42. The SMILES string of the molecule is CC(C)C(C#N)C1c2ccccc2CCN1C. The number of nitriles is 1. The van der Waals surface area contributed by atoms with Crippen molar-refractivity contribution in [3.8, 4) is 6.07 Å². The van der Waals surface area contributed by atoms with Crippen molar-refractivity contribution >= 4 is 0 Å². The molecule has 2 rings (SSSR count). The van der Waals surface area contributed by atoms with Gasteiger partial charge in [0.15, 0.2) is 0 Å². The van der Waals surface area contributed by atoms with Crippen LogP contribution in [0.2, 0.25) is 0 Å². The molecule has 0 saturated carbocycles. The Hall–Kier alpha value is -1.33.